The number of pyridine rings is 1. The van der Waals surface area contributed by atoms with Gasteiger partial charge >= 0.3 is 6.18 Å². The second-order valence-electron chi connectivity index (χ2n) is 6.97. The zero-order valence-corrected chi connectivity index (χ0v) is 15.3. The molecule has 1 saturated heterocycles. The van der Waals surface area contributed by atoms with Crippen LogP contribution in [0, 0.1) is 5.92 Å². The summed E-state index contributed by atoms with van der Waals surface area (Å²) in [5.74, 6) is 0.354. The Labute approximate surface area is 161 Å². The zero-order valence-electron chi connectivity index (χ0n) is 15.3. The molecule has 2 N–H and O–H groups in total. The molecule has 0 radical (unpaired) electrons. The molecule has 5 nitrogen and oxygen atoms in total. The Bertz CT molecular complexity index is 801. The summed E-state index contributed by atoms with van der Waals surface area (Å²) in [6, 6.07) is 8.56. The second-order valence-corrected chi connectivity index (χ2v) is 6.97. The lowest BCUT2D eigenvalue weighted by Crippen LogP contribution is -2.35. The van der Waals surface area contributed by atoms with Crippen LogP contribution in [0.4, 0.5) is 13.2 Å². The number of rotatable bonds is 6. The third-order valence-corrected chi connectivity index (χ3v) is 4.86. The highest BCUT2D eigenvalue weighted by molar-refractivity contribution is 5.91. The summed E-state index contributed by atoms with van der Waals surface area (Å²) < 4.78 is 43.7. The van der Waals surface area contributed by atoms with Gasteiger partial charge in [0, 0.05) is 18.8 Å². The molecule has 1 aromatic carbocycles. The SMILES string of the molecule is NC(=O)c1cc(OCC2CCN(Cc3ccc(C(F)(F)F)cc3)CC2)ccn1. The number of likely N-dealkylation sites (tertiary alicyclic amines) is 1. The highest BCUT2D eigenvalue weighted by Gasteiger charge is 2.30. The zero-order chi connectivity index (χ0) is 20.1. The first-order valence-corrected chi connectivity index (χ1v) is 9.08. The number of alkyl halides is 3. The Morgan fingerprint density at radius 2 is 1.86 bits per heavy atom. The van der Waals surface area contributed by atoms with Crippen LogP contribution in [-0.4, -0.2) is 35.5 Å². The van der Waals surface area contributed by atoms with Gasteiger partial charge in [0.25, 0.3) is 5.91 Å². The summed E-state index contributed by atoms with van der Waals surface area (Å²) in [5.41, 5.74) is 5.63. The molecule has 2 aromatic rings. The van der Waals surface area contributed by atoms with Crippen LogP contribution in [0.3, 0.4) is 0 Å². The molecule has 0 aliphatic carbocycles. The lowest BCUT2D eigenvalue weighted by molar-refractivity contribution is -0.137. The number of carbonyl (C=O) groups excluding carboxylic acids is 1. The largest absolute Gasteiger partial charge is 0.493 e. The number of hydrogen-bond acceptors (Lipinski definition) is 4. The van der Waals surface area contributed by atoms with Crippen molar-refractivity contribution < 1.29 is 22.7 Å². The summed E-state index contributed by atoms with van der Waals surface area (Å²) >= 11 is 0. The molecule has 1 aliphatic heterocycles. The van der Waals surface area contributed by atoms with Gasteiger partial charge in [0.05, 0.1) is 12.2 Å². The number of halogens is 3. The van der Waals surface area contributed by atoms with Crippen LogP contribution >= 0.6 is 0 Å². The van der Waals surface area contributed by atoms with Crippen molar-refractivity contribution in [2.45, 2.75) is 25.6 Å². The van der Waals surface area contributed by atoms with Crippen molar-refractivity contribution in [1.29, 1.82) is 0 Å². The molecular formula is C20H22F3N3O2. The number of aromatic nitrogens is 1. The molecule has 2 heterocycles. The fourth-order valence-electron chi connectivity index (χ4n) is 3.22. The summed E-state index contributed by atoms with van der Waals surface area (Å²) in [4.78, 5) is 17.3. The summed E-state index contributed by atoms with van der Waals surface area (Å²) in [6.07, 6.45) is -0.936. The molecule has 1 amide bonds. The van der Waals surface area contributed by atoms with E-state index in [-0.39, 0.29) is 5.69 Å². The van der Waals surface area contributed by atoms with Gasteiger partial charge in [0.2, 0.25) is 0 Å². The van der Waals surface area contributed by atoms with Crippen molar-refractivity contribution in [2.75, 3.05) is 19.7 Å². The molecule has 1 aromatic heterocycles. The number of nitrogens with two attached hydrogens (primary N) is 1. The van der Waals surface area contributed by atoms with Gasteiger partial charge in [-0.15, -0.1) is 0 Å². The van der Waals surface area contributed by atoms with Gasteiger partial charge < -0.3 is 10.5 Å². The molecule has 3 rings (SSSR count). The average Bonchev–Trinajstić information content (AvgIpc) is 2.67. The number of piperidine rings is 1. The average molecular weight is 393 g/mol. The number of ether oxygens (including phenoxy) is 1. The van der Waals surface area contributed by atoms with Crippen molar-refractivity contribution in [3.63, 3.8) is 0 Å². The number of hydrogen-bond donors (Lipinski definition) is 1. The Kier molecular flexibility index (Phi) is 6.18. The van der Waals surface area contributed by atoms with Gasteiger partial charge in [-0.25, -0.2) is 0 Å². The highest BCUT2D eigenvalue weighted by Crippen LogP contribution is 2.29. The summed E-state index contributed by atoms with van der Waals surface area (Å²) in [6.45, 7) is 2.89. The van der Waals surface area contributed by atoms with Crippen molar-refractivity contribution in [3.05, 3.63) is 59.4 Å². The van der Waals surface area contributed by atoms with Gasteiger partial charge in [-0.3, -0.25) is 14.7 Å². The van der Waals surface area contributed by atoms with Crippen LogP contribution in [0.2, 0.25) is 0 Å². The van der Waals surface area contributed by atoms with E-state index in [1.54, 1.807) is 6.07 Å². The molecular weight excluding hydrogens is 371 g/mol. The third-order valence-electron chi connectivity index (χ3n) is 4.86. The molecule has 1 fully saturated rings. The Morgan fingerprint density at radius 3 is 2.46 bits per heavy atom. The summed E-state index contributed by atoms with van der Waals surface area (Å²) in [7, 11) is 0. The van der Waals surface area contributed by atoms with Crippen LogP contribution in [0.5, 0.6) is 5.75 Å². The van der Waals surface area contributed by atoms with E-state index in [1.165, 1.54) is 24.4 Å². The van der Waals surface area contributed by atoms with Gasteiger partial charge in [-0.1, -0.05) is 12.1 Å². The van der Waals surface area contributed by atoms with Crippen molar-refractivity contribution in [2.24, 2.45) is 11.7 Å². The lowest BCUT2D eigenvalue weighted by atomic mass is 9.97. The number of carbonyl (C=O) groups is 1. The molecule has 0 spiro atoms. The Morgan fingerprint density at radius 1 is 1.18 bits per heavy atom. The smallest absolute Gasteiger partial charge is 0.416 e. The molecule has 0 saturated carbocycles. The normalized spacial score (nSPS) is 16.1. The first-order valence-electron chi connectivity index (χ1n) is 9.08. The quantitative estimate of drug-likeness (QED) is 0.816. The van der Waals surface area contributed by atoms with Crippen LogP contribution in [0.15, 0.2) is 42.6 Å². The predicted molar refractivity (Wildman–Crippen MR) is 97.7 cm³/mol. The Balaban J connectivity index is 1.44. The van der Waals surface area contributed by atoms with E-state index in [0.29, 0.717) is 24.8 Å². The number of amides is 1. The van der Waals surface area contributed by atoms with Gasteiger partial charge in [0.1, 0.15) is 11.4 Å². The van der Waals surface area contributed by atoms with E-state index in [1.807, 2.05) is 0 Å². The number of nitrogens with zero attached hydrogens (tertiary/aromatic N) is 2. The second kappa shape index (κ2) is 8.60. The molecule has 0 unspecified atom stereocenters. The first-order chi connectivity index (χ1) is 13.3. The van der Waals surface area contributed by atoms with Crippen LogP contribution in [0.25, 0.3) is 0 Å². The maximum Gasteiger partial charge on any atom is 0.416 e. The molecule has 150 valence electrons. The van der Waals surface area contributed by atoms with Gasteiger partial charge in [-0.05, 0) is 55.6 Å². The van der Waals surface area contributed by atoms with Gasteiger partial charge in [0.15, 0.2) is 0 Å². The maximum atomic E-state index is 12.6. The molecule has 8 heteroatoms. The summed E-state index contributed by atoms with van der Waals surface area (Å²) in [5, 5.41) is 0. The molecule has 28 heavy (non-hydrogen) atoms. The maximum absolute atomic E-state index is 12.6. The minimum atomic E-state index is -4.30. The minimum Gasteiger partial charge on any atom is -0.493 e. The van der Waals surface area contributed by atoms with E-state index >= 15 is 0 Å². The van der Waals surface area contributed by atoms with Gasteiger partial charge in [-0.2, -0.15) is 13.2 Å². The topological polar surface area (TPSA) is 68.5 Å². The number of primary amides is 1. The predicted octanol–water partition coefficient (Wildman–Crippen LogP) is 3.49. The molecule has 0 atom stereocenters. The van der Waals surface area contributed by atoms with E-state index in [4.69, 9.17) is 10.5 Å². The van der Waals surface area contributed by atoms with E-state index < -0.39 is 17.6 Å². The Hall–Kier alpha value is -2.61. The first kappa shape index (κ1) is 20.1. The van der Waals surface area contributed by atoms with Crippen molar-refractivity contribution in [1.82, 2.24) is 9.88 Å². The third kappa shape index (κ3) is 5.45. The fraction of sp³-hybridized carbons (Fsp3) is 0.400. The standard InChI is InChI=1S/C20H22F3N3O2/c21-20(22,23)16-3-1-14(2-4-16)12-26-9-6-15(7-10-26)13-28-17-5-8-25-18(11-17)19(24)27/h1-5,8,11,15H,6-7,9-10,12-13H2,(H2,24,27). The van der Waals surface area contributed by atoms with Crippen molar-refractivity contribution in [3.8, 4) is 5.75 Å². The molecule has 1 aliphatic rings. The van der Waals surface area contributed by atoms with E-state index in [2.05, 4.69) is 9.88 Å². The van der Waals surface area contributed by atoms with Crippen LogP contribution in [0.1, 0.15) is 34.5 Å². The highest BCUT2D eigenvalue weighted by atomic mass is 19.4. The van der Waals surface area contributed by atoms with Crippen molar-refractivity contribution >= 4 is 5.91 Å². The molecule has 0 bridgehead atoms. The number of benzene rings is 1. The monoisotopic (exact) mass is 393 g/mol. The lowest BCUT2D eigenvalue weighted by Gasteiger charge is -2.31. The van der Waals surface area contributed by atoms with Crippen LogP contribution < -0.4 is 10.5 Å². The van der Waals surface area contributed by atoms with Crippen LogP contribution in [-0.2, 0) is 12.7 Å². The minimum absolute atomic E-state index is 0.170. The van der Waals surface area contributed by atoms with E-state index in [0.717, 1.165) is 43.6 Å². The van der Waals surface area contributed by atoms with E-state index in [9.17, 15) is 18.0 Å². The fourth-order valence-corrected chi connectivity index (χ4v) is 3.22.